The minimum Gasteiger partial charge on any atom is -0.326 e. The lowest BCUT2D eigenvalue weighted by Gasteiger charge is -2.06. The quantitative estimate of drug-likeness (QED) is 0.797. The molecule has 2 nitrogen and oxygen atoms in total. The fourth-order valence-corrected chi connectivity index (χ4v) is 1.50. The van der Waals surface area contributed by atoms with Gasteiger partial charge in [0.15, 0.2) is 0 Å². The minimum absolute atomic E-state index is 0.0998. The number of hydrogen-bond donors (Lipinski definition) is 1. The van der Waals surface area contributed by atoms with E-state index in [0.717, 1.165) is 16.8 Å². The van der Waals surface area contributed by atoms with E-state index >= 15 is 0 Å². The van der Waals surface area contributed by atoms with Gasteiger partial charge in [-0.3, -0.25) is 4.79 Å². The van der Waals surface area contributed by atoms with Gasteiger partial charge in [-0.1, -0.05) is 6.07 Å². The number of anilines is 1. The first-order valence-corrected chi connectivity index (χ1v) is 5.25. The number of rotatable bonds is 3. The Kier molecular flexibility index (Phi) is 4.23. The Balaban J connectivity index is 2.98. The Morgan fingerprint density at radius 1 is 1.21 bits per heavy atom. The van der Waals surface area contributed by atoms with Crippen LogP contribution in [-0.2, 0) is 16.6 Å². The van der Waals surface area contributed by atoms with Crippen molar-refractivity contribution in [2.24, 2.45) is 0 Å². The largest absolute Gasteiger partial charge is 0.326 e. The highest BCUT2D eigenvalue weighted by molar-refractivity contribution is 6.17. The second-order valence-electron chi connectivity index (χ2n) is 2.99. The number of hydrogen-bond acceptors (Lipinski definition) is 1. The first-order valence-electron chi connectivity index (χ1n) is 4.18. The van der Waals surface area contributed by atoms with Crippen molar-refractivity contribution in [2.45, 2.75) is 18.7 Å². The molecule has 0 aliphatic carbocycles. The summed E-state index contributed by atoms with van der Waals surface area (Å²) >= 11 is 11.4. The van der Waals surface area contributed by atoms with Gasteiger partial charge in [-0.2, -0.15) is 0 Å². The summed E-state index contributed by atoms with van der Waals surface area (Å²) in [6.45, 7) is 1.47. The molecule has 0 saturated carbocycles. The Bertz CT molecular complexity index is 317. The van der Waals surface area contributed by atoms with Gasteiger partial charge in [0.2, 0.25) is 5.91 Å². The summed E-state index contributed by atoms with van der Waals surface area (Å²) in [6.07, 6.45) is 0. The molecule has 1 N–H and O–H groups in total. The minimum atomic E-state index is -0.0998. The summed E-state index contributed by atoms with van der Waals surface area (Å²) < 4.78 is 0. The molecule has 76 valence electrons. The van der Waals surface area contributed by atoms with E-state index in [2.05, 4.69) is 5.32 Å². The third kappa shape index (κ3) is 3.20. The summed E-state index contributed by atoms with van der Waals surface area (Å²) in [7, 11) is 0. The van der Waals surface area contributed by atoms with Gasteiger partial charge in [0.05, 0.1) is 0 Å². The second-order valence-corrected chi connectivity index (χ2v) is 3.52. The zero-order valence-electron chi connectivity index (χ0n) is 7.81. The van der Waals surface area contributed by atoms with Gasteiger partial charge < -0.3 is 5.32 Å². The van der Waals surface area contributed by atoms with E-state index in [-0.39, 0.29) is 5.91 Å². The molecule has 1 aromatic carbocycles. The molecule has 0 saturated heterocycles. The Hall–Kier alpha value is -0.730. The molecule has 0 heterocycles. The fraction of sp³-hybridized carbons (Fsp3) is 0.300. The van der Waals surface area contributed by atoms with E-state index in [9.17, 15) is 4.79 Å². The van der Waals surface area contributed by atoms with Gasteiger partial charge in [-0.15, -0.1) is 23.2 Å². The Labute approximate surface area is 93.2 Å². The number of amides is 1. The summed E-state index contributed by atoms with van der Waals surface area (Å²) in [4.78, 5) is 10.8. The highest BCUT2D eigenvalue weighted by atomic mass is 35.5. The molecule has 0 unspecified atom stereocenters. The molecule has 0 aromatic heterocycles. The maximum atomic E-state index is 10.8. The van der Waals surface area contributed by atoms with Crippen LogP contribution in [0.3, 0.4) is 0 Å². The lowest BCUT2D eigenvalue weighted by atomic mass is 10.1. The van der Waals surface area contributed by atoms with Crippen LogP contribution in [-0.4, -0.2) is 5.91 Å². The summed E-state index contributed by atoms with van der Waals surface area (Å²) in [5.41, 5.74) is 2.65. The number of carbonyl (C=O) groups excluding carboxylic acids is 1. The van der Waals surface area contributed by atoms with Crippen LogP contribution in [0.5, 0.6) is 0 Å². The normalized spacial score (nSPS) is 9.93. The van der Waals surface area contributed by atoms with Gasteiger partial charge in [-0.25, -0.2) is 0 Å². The molecule has 14 heavy (non-hydrogen) atoms. The fourth-order valence-electron chi connectivity index (χ4n) is 1.19. The van der Waals surface area contributed by atoms with Crippen LogP contribution in [0.15, 0.2) is 18.2 Å². The standard InChI is InChI=1S/C10H11Cl2NO/c1-7(14)13-10-3-8(5-11)2-9(4-10)6-12/h2-4H,5-6H2,1H3,(H,13,14). The third-order valence-electron chi connectivity index (χ3n) is 1.68. The van der Waals surface area contributed by atoms with E-state index in [4.69, 9.17) is 23.2 Å². The third-order valence-corrected chi connectivity index (χ3v) is 2.30. The van der Waals surface area contributed by atoms with Gasteiger partial charge in [-0.05, 0) is 23.3 Å². The average Bonchev–Trinajstić information content (AvgIpc) is 2.16. The lowest BCUT2D eigenvalue weighted by Crippen LogP contribution is -2.06. The smallest absolute Gasteiger partial charge is 0.221 e. The van der Waals surface area contributed by atoms with Gasteiger partial charge in [0.25, 0.3) is 0 Å². The SMILES string of the molecule is CC(=O)Nc1cc(CCl)cc(CCl)c1. The first kappa shape index (κ1) is 11.3. The van der Waals surface area contributed by atoms with Crippen LogP contribution in [0.4, 0.5) is 5.69 Å². The number of benzene rings is 1. The molecule has 0 aliphatic heterocycles. The molecule has 0 bridgehead atoms. The van der Waals surface area contributed by atoms with Crippen molar-refractivity contribution >= 4 is 34.8 Å². The number of carbonyl (C=O) groups is 1. The first-order chi connectivity index (χ1) is 6.65. The molecule has 0 spiro atoms. The van der Waals surface area contributed by atoms with Crippen molar-refractivity contribution in [2.75, 3.05) is 5.32 Å². The highest BCUT2D eigenvalue weighted by Gasteiger charge is 2.01. The molecule has 1 aromatic rings. The van der Waals surface area contributed by atoms with E-state index in [1.165, 1.54) is 6.92 Å². The van der Waals surface area contributed by atoms with Crippen LogP contribution in [0.25, 0.3) is 0 Å². The molecule has 0 radical (unpaired) electrons. The lowest BCUT2D eigenvalue weighted by molar-refractivity contribution is -0.114. The molecule has 4 heteroatoms. The monoisotopic (exact) mass is 231 g/mol. The van der Waals surface area contributed by atoms with E-state index in [1.54, 1.807) is 0 Å². The van der Waals surface area contributed by atoms with Gasteiger partial charge >= 0.3 is 0 Å². The zero-order valence-corrected chi connectivity index (χ0v) is 9.32. The summed E-state index contributed by atoms with van der Waals surface area (Å²) in [6, 6.07) is 5.60. The van der Waals surface area contributed by atoms with Crippen molar-refractivity contribution < 1.29 is 4.79 Å². The van der Waals surface area contributed by atoms with E-state index < -0.39 is 0 Å². The number of nitrogens with one attached hydrogen (secondary N) is 1. The molecule has 0 aliphatic rings. The summed E-state index contributed by atoms with van der Waals surface area (Å²) in [5.74, 6) is 0.728. The number of halogens is 2. The van der Waals surface area contributed by atoms with E-state index in [1.807, 2.05) is 18.2 Å². The molecular formula is C10H11Cl2NO. The average molecular weight is 232 g/mol. The maximum absolute atomic E-state index is 10.8. The molecule has 1 amide bonds. The van der Waals surface area contributed by atoms with Crippen molar-refractivity contribution in [3.05, 3.63) is 29.3 Å². The summed E-state index contributed by atoms with van der Waals surface area (Å²) in [5, 5.41) is 2.70. The Morgan fingerprint density at radius 2 is 1.71 bits per heavy atom. The topological polar surface area (TPSA) is 29.1 Å². The van der Waals surface area contributed by atoms with Crippen molar-refractivity contribution in [1.82, 2.24) is 0 Å². The van der Waals surface area contributed by atoms with Crippen molar-refractivity contribution in [1.29, 1.82) is 0 Å². The molecule has 0 atom stereocenters. The van der Waals surface area contributed by atoms with Crippen LogP contribution < -0.4 is 5.32 Å². The van der Waals surface area contributed by atoms with Crippen LogP contribution in [0.1, 0.15) is 18.1 Å². The maximum Gasteiger partial charge on any atom is 0.221 e. The predicted octanol–water partition coefficient (Wildman–Crippen LogP) is 3.12. The number of alkyl halides is 2. The highest BCUT2D eigenvalue weighted by Crippen LogP contribution is 2.18. The predicted molar refractivity (Wildman–Crippen MR) is 59.9 cm³/mol. The molecule has 0 fully saturated rings. The van der Waals surface area contributed by atoms with Crippen molar-refractivity contribution in [3.8, 4) is 0 Å². The van der Waals surface area contributed by atoms with Crippen LogP contribution >= 0.6 is 23.2 Å². The molecule has 1 rings (SSSR count). The second kappa shape index (κ2) is 5.23. The van der Waals surface area contributed by atoms with Crippen LogP contribution in [0.2, 0.25) is 0 Å². The van der Waals surface area contributed by atoms with Crippen LogP contribution in [0, 0.1) is 0 Å². The van der Waals surface area contributed by atoms with E-state index in [0.29, 0.717) is 11.8 Å². The Morgan fingerprint density at radius 3 is 2.07 bits per heavy atom. The van der Waals surface area contributed by atoms with Gasteiger partial charge in [0.1, 0.15) is 0 Å². The van der Waals surface area contributed by atoms with Gasteiger partial charge in [0, 0.05) is 24.4 Å². The van der Waals surface area contributed by atoms with Crippen molar-refractivity contribution in [3.63, 3.8) is 0 Å². The molecular weight excluding hydrogens is 221 g/mol. The zero-order chi connectivity index (χ0) is 10.6.